The van der Waals surface area contributed by atoms with Crippen LogP contribution in [0.3, 0.4) is 0 Å². The van der Waals surface area contributed by atoms with E-state index < -0.39 is 0 Å². The van der Waals surface area contributed by atoms with Gasteiger partial charge in [-0.1, -0.05) is 25.6 Å². The summed E-state index contributed by atoms with van der Waals surface area (Å²) in [7, 11) is 0. The van der Waals surface area contributed by atoms with Crippen molar-refractivity contribution in [1.29, 1.82) is 0 Å². The SMILES string of the molecule is CCCN(CCC)C(=O)CSc1nnc(-c2ccncc2)n1N. The molecule has 2 aromatic heterocycles. The molecule has 0 saturated carbocycles. The maximum atomic E-state index is 12.3. The van der Waals surface area contributed by atoms with Crippen molar-refractivity contribution in [2.24, 2.45) is 0 Å². The maximum Gasteiger partial charge on any atom is 0.233 e. The predicted molar refractivity (Wildman–Crippen MR) is 91.3 cm³/mol. The molecule has 0 saturated heterocycles. The minimum Gasteiger partial charge on any atom is -0.342 e. The minimum atomic E-state index is 0.104. The van der Waals surface area contributed by atoms with Crippen LogP contribution in [-0.4, -0.2) is 49.5 Å². The lowest BCUT2D eigenvalue weighted by molar-refractivity contribution is -0.128. The topological polar surface area (TPSA) is 89.9 Å². The molecule has 0 bridgehead atoms. The molecule has 1 amide bonds. The Balaban J connectivity index is 2.01. The van der Waals surface area contributed by atoms with E-state index in [1.165, 1.54) is 16.4 Å². The molecule has 0 aromatic carbocycles. The second-order valence-electron chi connectivity index (χ2n) is 5.08. The van der Waals surface area contributed by atoms with E-state index in [2.05, 4.69) is 29.0 Å². The number of aromatic nitrogens is 4. The summed E-state index contributed by atoms with van der Waals surface area (Å²) in [5, 5.41) is 8.70. The third kappa shape index (κ3) is 4.44. The second kappa shape index (κ2) is 8.52. The first-order valence-electron chi connectivity index (χ1n) is 7.68. The van der Waals surface area contributed by atoms with Crippen LogP contribution in [0.1, 0.15) is 26.7 Å². The number of hydrogen-bond acceptors (Lipinski definition) is 6. The van der Waals surface area contributed by atoms with Gasteiger partial charge in [0, 0.05) is 31.0 Å². The van der Waals surface area contributed by atoms with Crippen LogP contribution in [0.25, 0.3) is 11.4 Å². The molecule has 8 heteroatoms. The largest absolute Gasteiger partial charge is 0.342 e. The van der Waals surface area contributed by atoms with E-state index in [0.717, 1.165) is 31.5 Å². The Hall–Kier alpha value is -2.09. The summed E-state index contributed by atoms with van der Waals surface area (Å²) < 4.78 is 1.41. The quantitative estimate of drug-likeness (QED) is 0.585. The van der Waals surface area contributed by atoms with E-state index in [1.807, 2.05) is 17.0 Å². The van der Waals surface area contributed by atoms with Gasteiger partial charge in [-0.05, 0) is 25.0 Å². The number of carbonyl (C=O) groups is 1. The number of nitrogens with zero attached hydrogens (tertiary/aromatic N) is 5. The molecule has 0 aliphatic carbocycles. The molecular formula is C15H22N6OS. The third-order valence-electron chi connectivity index (χ3n) is 3.27. The maximum absolute atomic E-state index is 12.3. The summed E-state index contributed by atoms with van der Waals surface area (Å²) in [6.45, 7) is 5.71. The summed E-state index contributed by atoms with van der Waals surface area (Å²) in [4.78, 5) is 18.1. The normalized spacial score (nSPS) is 10.7. The standard InChI is InChI=1S/C15H22N6OS/c1-3-9-20(10-4-2)13(22)11-23-15-19-18-14(21(15)16)12-5-7-17-8-6-12/h5-8H,3-4,9-11,16H2,1-2H3. The van der Waals surface area contributed by atoms with E-state index in [-0.39, 0.29) is 5.91 Å². The van der Waals surface area contributed by atoms with Crippen molar-refractivity contribution < 1.29 is 4.79 Å². The van der Waals surface area contributed by atoms with Crippen molar-refractivity contribution in [2.75, 3.05) is 24.7 Å². The van der Waals surface area contributed by atoms with Gasteiger partial charge in [-0.15, -0.1) is 10.2 Å². The van der Waals surface area contributed by atoms with Crippen LogP contribution >= 0.6 is 11.8 Å². The highest BCUT2D eigenvalue weighted by Crippen LogP contribution is 2.21. The van der Waals surface area contributed by atoms with Gasteiger partial charge < -0.3 is 10.7 Å². The van der Waals surface area contributed by atoms with Crippen LogP contribution < -0.4 is 5.84 Å². The average Bonchev–Trinajstić information content (AvgIpc) is 2.94. The van der Waals surface area contributed by atoms with Gasteiger partial charge in [0.05, 0.1) is 5.75 Å². The van der Waals surface area contributed by atoms with Gasteiger partial charge in [0.1, 0.15) is 0 Å². The Kier molecular flexibility index (Phi) is 6.40. The van der Waals surface area contributed by atoms with Crippen LogP contribution in [-0.2, 0) is 4.79 Å². The molecule has 2 aromatic rings. The van der Waals surface area contributed by atoms with E-state index in [9.17, 15) is 4.79 Å². The van der Waals surface area contributed by atoms with E-state index in [0.29, 0.717) is 16.7 Å². The lowest BCUT2D eigenvalue weighted by Gasteiger charge is -2.20. The molecule has 0 radical (unpaired) electrons. The number of nitrogens with two attached hydrogens (primary N) is 1. The Morgan fingerprint density at radius 1 is 1.22 bits per heavy atom. The van der Waals surface area contributed by atoms with Gasteiger partial charge in [-0.3, -0.25) is 9.78 Å². The van der Waals surface area contributed by atoms with E-state index in [4.69, 9.17) is 5.84 Å². The van der Waals surface area contributed by atoms with Crippen molar-refractivity contribution >= 4 is 17.7 Å². The zero-order chi connectivity index (χ0) is 16.7. The molecule has 0 atom stereocenters. The Labute approximate surface area is 140 Å². The third-order valence-corrected chi connectivity index (χ3v) is 4.20. The summed E-state index contributed by atoms with van der Waals surface area (Å²) in [6, 6.07) is 3.63. The van der Waals surface area contributed by atoms with E-state index >= 15 is 0 Å². The lowest BCUT2D eigenvalue weighted by atomic mass is 10.2. The number of thioether (sulfide) groups is 1. The fourth-order valence-electron chi connectivity index (χ4n) is 2.19. The van der Waals surface area contributed by atoms with Crippen LogP contribution in [0.4, 0.5) is 0 Å². The molecule has 23 heavy (non-hydrogen) atoms. The zero-order valence-corrected chi connectivity index (χ0v) is 14.3. The molecule has 2 heterocycles. The molecule has 2 rings (SSSR count). The van der Waals surface area contributed by atoms with Crippen molar-refractivity contribution in [1.82, 2.24) is 24.8 Å². The van der Waals surface area contributed by atoms with Crippen molar-refractivity contribution in [3.63, 3.8) is 0 Å². The first-order chi connectivity index (χ1) is 11.2. The van der Waals surface area contributed by atoms with Gasteiger partial charge in [-0.2, -0.15) is 0 Å². The first kappa shape index (κ1) is 17.3. The van der Waals surface area contributed by atoms with Gasteiger partial charge >= 0.3 is 0 Å². The highest BCUT2D eigenvalue weighted by molar-refractivity contribution is 7.99. The molecule has 0 spiro atoms. The molecule has 0 aliphatic rings. The monoisotopic (exact) mass is 334 g/mol. The summed E-state index contributed by atoms with van der Waals surface area (Å²) >= 11 is 1.31. The van der Waals surface area contributed by atoms with Crippen LogP contribution in [0.2, 0.25) is 0 Å². The van der Waals surface area contributed by atoms with Crippen LogP contribution in [0.15, 0.2) is 29.7 Å². The van der Waals surface area contributed by atoms with Gasteiger partial charge in [0.25, 0.3) is 0 Å². The van der Waals surface area contributed by atoms with Crippen molar-refractivity contribution in [3.05, 3.63) is 24.5 Å². The van der Waals surface area contributed by atoms with Crippen LogP contribution in [0, 0.1) is 0 Å². The average molecular weight is 334 g/mol. The molecule has 7 nitrogen and oxygen atoms in total. The Bertz CT molecular complexity index is 624. The molecule has 124 valence electrons. The highest BCUT2D eigenvalue weighted by atomic mass is 32.2. The highest BCUT2D eigenvalue weighted by Gasteiger charge is 2.16. The fourth-order valence-corrected chi connectivity index (χ4v) is 2.95. The van der Waals surface area contributed by atoms with Crippen LogP contribution in [0.5, 0.6) is 0 Å². The smallest absolute Gasteiger partial charge is 0.233 e. The summed E-state index contributed by atoms with van der Waals surface area (Å²) in [6.07, 6.45) is 5.26. The lowest BCUT2D eigenvalue weighted by Crippen LogP contribution is -2.33. The molecule has 0 fully saturated rings. The number of hydrogen-bond donors (Lipinski definition) is 1. The number of carbonyl (C=O) groups excluding carboxylic acids is 1. The Morgan fingerprint density at radius 2 is 1.87 bits per heavy atom. The summed E-state index contributed by atoms with van der Waals surface area (Å²) in [5.41, 5.74) is 0.840. The summed E-state index contributed by atoms with van der Waals surface area (Å²) in [5.74, 6) is 7.01. The van der Waals surface area contributed by atoms with Gasteiger partial charge in [-0.25, -0.2) is 4.68 Å². The minimum absolute atomic E-state index is 0.104. The molecule has 2 N–H and O–H groups in total. The van der Waals surface area contributed by atoms with Gasteiger partial charge in [0.2, 0.25) is 11.1 Å². The Morgan fingerprint density at radius 3 is 2.48 bits per heavy atom. The first-order valence-corrected chi connectivity index (χ1v) is 8.67. The van der Waals surface area contributed by atoms with Gasteiger partial charge in [0.15, 0.2) is 5.82 Å². The second-order valence-corrected chi connectivity index (χ2v) is 6.02. The molecule has 0 aliphatic heterocycles. The molecular weight excluding hydrogens is 312 g/mol. The fraction of sp³-hybridized carbons (Fsp3) is 0.467. The number of pyridine rings is 1. The number of rotatable bonds is 8. The molecule has 0 unspecified atom stereocenters. The van der Waals surface area contributed by atoms with E-state index in [1.54, 1.807) is 12.4 Å². The predicted octanol–water partition coefficient (Wildman–Crippen LogP) is 1.79. The van der Waals surface area contributed by atoms with Crippen molar-refractivity contribution in [3.8, 4) is 11.4 Å². The zero-order valence-electron chi connectivity index (χ0n) is 13.5. The van der Waals surface area contributed by atoms with Crippen molar-refractivity contribution in [2.45, 2.75) is 31.8 Å². The number of nitrogen functional groups attached to an aromatic ring is 1. The number of amides is 1.